The zero-order valence-corrected chi connectivity index (χ0v) is 27.0. The fourth-order valence-electron chi connectivity index (χ4n) is 4.93. The number of anilines is 1. The predicted molar refractivity (Wildman–Crippen MR) is 181 cm³/mol. The van der Waals surface area contributed by atoms with E-state index in [1.807, 2.05) is 60.7 Å². The first-order valence-electron chi connectivity index (χ1n) is 15.0. The van der Waals surface area contributed by atoms with Crippen molar-refractivity contribution in [1.82, 2.24) is 4.98 Å². The molecule has 0 spiro atoms. The molecule has 47 heavy (non-hydrogen) atoms. The summed E-state index contributed by atoms with van der Waals surface area (Å²) in [6.07, 6.45) is 1.34. The molecule has 242 valence electrons. The van der Waals surface area contributed by atoms with Crippen LogP contribution in [0.5, 0.6) is 11.5 Å². The first-order valence-corrected chi connectivity index (χ1v) is 17.0. The van der Waals surface area contributed by atoms with Crippen LogP contribution in [0.1, 0.15) is 29.7 Å². The molecule has 0 fully saturated rings. The third-order valence-electron chi connectivity index (χ3n) is 7.30. The fraction of sp³-hybridized carbons (Fsp3) is 0.194. The summed E-state index contributed by atoms with van der Waals surface area (Å²) in [4.78, 5) is 29.0. The van der Waals surface area contributed by atoms with Gasteiger partial charge in [-0.1, -0.05) is 54.1 Å². The lowest BCUT2D eigenvalue weighted by atomic mass is 10.1. The van der Waals surface area contributed by atoms with Gasteiger partial charge in [-0.2, -0.15) is 0 Å². The van der Waals surface area contributed by atoms with E-state index in [4.69, 9.17) is 26.2 Å². The number of carbonyl (C=O) groups is 2. The average molecular weight is 673 g/mol. The number of ether oxygens (including phenoxy) is 2. The number of nitrogens with zero attached hydrogens (tertiary/aromatic N) is 1. The molecule has 1 heterocycles. The molecule has 1 aromatic heterocycles. The van der Waals surface area contributed by atoms with Crippen LogP contribution in [0.4, 0.5) is 5.69 Å². The number of nitrogens with one attached hydrogen (secondary N) is 1. The quantitative estimate of drug-likeness (QED) is 0.123. The number of halogens is 1. The lowest BCUT2D eigenvalue weighted by Gasteiger charge is -2.14. The molecule has 0 bridgehead atoms. The van der Waals surface area contributed by atoms with Crippen LogP contribution in [-0.2, 0) is 38.9 Å². The van der Waals surface area contributed by atoms with Crippen molar-refractivity contribution in [2.24, 2.45) is 0 Å². The second kappa shape index (κ2) is 15.6. The summed E-state index contributed by atoms with van der Waals surface area (Å²) in [5, 5.41) is 13.4. The average Bonchev–Trinajstić information content (AvgIpc) is 3.06. The van der Waals surface area contributed by atoms with Crippen molar-refractivity contribution in [1.29, 1.82) is 0 Å². The van der Waals surface area contributed by atoms with E-state index in [0.29, 0.717) is 42.3 Å². The van der Waals surface area contributed by atoms with E-state index in [9.17, 15) is 18.0 Å². The van der Waals surface area contributed by atoms with Crippen LogP contribution >= 0.6 is 11.6 Å². The highest BCUT2D eigenvalue weighted by Gasteiger charge is 2.16. The highest BCUT2D eigenvalue weighted by molar-refractivity contribution is 7.91. The molecule has 0 atom stereocenters. The summed E-state index contributed by atoms with van der Waals surface area (Å²) in [5.41, 5.74) is 3.69. The maximum atomic E-state index is 13.0. The Morgan fingerprint density at radius 2 is 1.62 bits per heavy atom. The number of benzene rings is 4. The maximum absolute atomic E-state index is 13.0. The Hall–Kier alpha value is -4.93. The van der Waals surface area contributed by atoms with E-state index in [-0.39, 0.29) is 28.7 Å². The Morgan fingerprint density at radius 3 is 2.43 bits per heavy atom. The Morgan fingerprint density at radius 1 is 0.830 bits per heavy atom. The fourth-order valence-corrected chi connectivity index (χ4v) is 6.37. The minimum absolute atomic E-state index is 0.0743. The van der Waals surface area contributed by atoms with Gasteiger partial charge in [-0.3, -0.25) is 4.79 Å². The number of pyridine rings is 1. The van der Waals surface area contributed by atoms with E-state index >= 15 is 0 Å². The number of amides is 1. The van der Waals surface area contributed by atoms with Gasteiger partial charge in [-0.05, 0) is 91.1 Å². The van der Waals surface area contributed by atoms with Crippen LogP contribution in [0.15, 0.2) is 108 Å². The molecule has 9 nitrogen and oxygen atoms in total. The van der Waals surface area contributed by atoms with E-state index in [1.165, 1.54) is 24.3 Å². The standard InChI is InChI=1S/C36H33ClN2O7S/c37-28-13-16-31(17-14-28)47(43,44)20-4-6-26-10-18-34(46-24-36(41)42)33(22-26)39-35(40)19-11-25-5-3-8-30(21-25)45-23-29-15-12-27-7-1-2-9-32(27)38-29/h1-3,5,7-10,12-18,21-22H,4,6,11,19-20,23-24H2,(H,39,40)(H,41,42). The zero-order valence-electron chi connectivity index (χ0n) is 25.4. The second-order valence-electron chi connectivity index (χ2n) is 10.9. The number of sulfone groups is 1. The van der Waals surface area contributed by atoms with Crippen LogP contribution in [0.2, 0.25) is 5.02 Å². The molecule has 0 aliphatic heterocycles. The molecular formula is C36H33ClN2O7S. The van der Waals surface area contributed by atoms with Crippen LogP contribution in [-0.4, -0.2) is 42.7 Å². The smallest absolute Gasteiger partial charge is 0.341 e. The van der Waals surface area contributed by atoms with Crippen LogP contribution < -0.4 is 14.8 Å². The van der Waals surface area contributed by atoms with Crippen molar-refractivity contribution < 1.29 is 32.6 Å². The number of hydrogen-bond acceptors (Lipinski definition) is 7. The van der Waals surface area contributed by atoms with Gasteiger partial charge in [-0.15, -0.1) is 0 Å². The number of carboxylic acid groups (broad SMARTS) is 1. The lowest BCUT2D eigenvalue weighted by molar-refractivity contribution is -0.139. The normalized spacial score (nSPS) is 11.3. The number of carboxylic acids is 1. The van der Waals surface area contributed by atoms with Gasteiger partial charge in [0.15, 0.2) is 16.4 Å². The Balaban J connectivity index is 1.17. The topological polar surface area (TPSA) is 132 Å². The number of para-hydroxylation sites is 1. The molecule has 2 N–H and O–H groups in total. The third-order valence-corrected chi connectivity index (χ3v) is 9.37. The summed E-state index contributed by atoms with van der Waals surface area (Å²) >= 11 is 5.88. The van der Waals surface area contributed by atoms with Gasteiger partial charge in [0.2, 0.25) is 5.91 Å². The molecule has 1 amide bonds. The first-order chi connectivity index (χ1) is 22.6. The molecule has 0 aliphatic rings. The number of hydrogen-bond donors (Lipinski definition) is 2. The van der Waals surface area contributed by atoms with Crippen molar-refractivity contribution in [3.8, 4) is 11.5 Å². The number of fused-ring (bicyclic) bond motifs is 1. The number of rotatable bonds is 15. The predicted octanol–water partition coefficient (Wildman–Crippen LogP) is 6.91. The maximum Gasteiger partial charge on any atom is 0.341 e. The van der Waals surface area contributed by atoms with Gasteiger partial charge >= 0.3 is 5.97 Å². The number of aryl methyl sites for hydroxylation is 2. The number of aliphatic carboxylic acids is 1. The SMILES string of the molecule is O=C(O)COc1ccc(CCCS(=O)(=O)c2ccc(Cl)cc2)cc1NC(=O)CCc1cccc(OCc2ccc3ccccc3n2)c1. The summed E-state index contributed by atoms with van der Waals surface area (Å²) in [7, 11) is -3.50. The lowest BCUT2D eigenvalue weighted by Crippen LogP contribution is -2.15. The Kier molecular flexibility index (Phi) is 11.1. The van der Waals surface area contributed by atoms with E-state index in [0.717, 1.165) is 27.7 Å². The minimum Gasteiger partial charge on any atom is -0.487 e. The van der Waals surface area contributed by atoms with Crippen molar-refractivity contribution in [2.45, 2.75) is 37.2 Å². The van der Waals surface area contributed by atoms with Gasteiger partial charge in [0.05, 0.1) is 27.5 Å². The molecule has 0 radical (unpaired) electrons. The molecule has 0 saturated heterocycles. The van der Waals surface area contributed by atoms with Gasteiger partial charge in [0, 0.05) is 16.8 Å². The van der Waals surface area contributed by atoms with Gasteiger partial charge < -0.3 is 19.9 Å². The van der Waals surface area contributed by atoms with Crippen molar-refractivity contribution in [3.63, 3.8) is 0 Å². The van der Waals surface area contributed by atoms with Gasteiger partial charge in [-0.25, -0.2) is 18.2 Å². The second-order valence-corrected chi connectivity index (χ2v) is 13.4. The van der Waals surface area contributed by atoms with Crippen molar-refractivity contribution >= 4 is 49.9 Å². The van der Waals surface area contributed by atoms with Gasteiger partial charge in [0.25, 0.3) is 0 Å². The largest absolute Gasteiger partial charge is 0.487 e. The third kappa shape index (κ3) is 9.78. The summed E-state index contributed by atoms with van der Waals surface area (Å²) in [5.74, 6) is -0.657. The highest BCUT2D eigenvalue weighted by atomic mass is 35.5. The number of aromatic nitrogens is 1. The Bertz CT molecular complexity index is 1980. The van der Waals surface area contributed by atoms with Crippen molar-refractivity contribution in [2.75, 3.05) is 17.7 Å². The zero-order chi connectivity index (χ0) is 33.2. The molecule has 0 saturated carbocycles. The molecule has 5 aromatic rings. The molecular weight excluding hydrogens is 640 g/mol. The van der Waals surface area contributed by atoms with Crippen LogP contribution in [0, 0.1) is 0 Å². The van der Waals surface area contributed by atoms with E-state index in [1.54, 1.807) is 18.2 Å². The summed E-state index contributed by atoms with van der Waals surface area (Å²) in [6, 6.07) is 30.3. The van der Waals surface area contributed by atoms with Gasteiger partial charge in [0.1, 0.15) is 18.1 Å². The van der Waals surface area contributed by atoms with Crippen molar-refractivity contribution in [3.05, 3.63) is 125 Å². The monoisotopic (exact) mass is 672 g/mol. The van der Waals surface area contributed by atoms with Crippen LogP contribution in [0.25, 0.3) is 10.9 Å². The molecule has 0 aliphatic carbocycles. The van der Waals surface area contributed by atoms with Crippen LogP contribution in [0.3, 0.4) is 0 Å². The molecule has 4 aromatic carbocycles. The summed E-state index contributed by atoms with van der Waals surface area (Å²) < 4.78 is 36.8. The number of carbonyl (C=O) groups excluding carboxylic acids is 1. The highest BCUT2D eigenvalue weighted by Crippen LogP contribution is 2.28. The molecule has 11 heteroatoms. The molecule has 0 unspecified atom stereocenters. The summed E-state index contributed by atoms with van der Waals surface area (Å²) in [6.45, 7) is -0.277. The Labute approximate surface area is 278 Å². The van der Waals surface area contributed by atoms with E-state index in [2.05, 4.69) is 10.3 Å². The first kappa shape index (κ1) is 33.4. The minimum atomic E-state index is -3.50. The molecule has 5 rings (SSSR count). The van der Waals surface area contributed by atoms with E-state index < -0.39 is 22.4 Å².